The quantitative estimate of drug-likeness (QED) is 0.493. The van der Waals surface area contributed by atoms with Crippen molar-refractivity contribution in [3.8, 4) is 0 Å². The van der Waals surface area contributed by atoms with Crippen LogP contribution in [0.2, 0.25) is 5.15 Å². The van der Waals surface area contributed by atoms with E-state index in [0.29, 0.717) is 11.7 Å². The van der Waals surface area contributed by atoms with Crippen molar-refractivity contribution in [2.24, 2.45) is 0 Å². The third-order valence-corrected chi connectivity index (χ3v) is 5.94. The van der Waals surface area contributed by atoms with Gasteiger partial charge in [-0.1, -0.05) is 11.6 Å². The van der Waals surface area contributed by atoms with Gasteiger partial charge in [-0.3, -0.25) is 0 Å². The van der Waals surface area contributed by atoms with E-state index >= 15 is 0 Å². The molecule has 110 valence electrons. The minimum Gasteiger partial charge on any atom is -0.237 e. The molecule has 1 unspecified atom stereocenters. The Labute approximate surface area is 134 Å². The second kappa shape index (κ2) is 7.11. The summed E-state index contributed by atoms with van der Waals surface area (Å²) < 4.78 is 17.6. The van der Waals surface area contributed by atoms with E-state index in [2.05, 4.69) is 14.7 Å². The Morgan fingerprint density at radius 1 is 1.50 bits per heavy atom. The number of nitrogens with zero attached hydrogens (tertiary/aromatic N) is 3. The van der Waals surface area contributed by atoms with Gasteiger partial charge in [-0.2, -0.15) is 0 Å². The molecule has 0 saturated heterocycles. The standard InChI is InChI=1S/C11H14Cl2N4OS2/c1-7-8-9(12)14-6-15-10(8)19-11(7)20(18)16-4-3-5-17(2)13/h6,16H,3-5H2,1-2H3. The van der Waals surface area contributed by atoms with Crippen LogP contribution >= 0.6 is 34.7 Å². The van der Waals surface area contributed by atoms with Gasteiger partial charge in [0.15, 0.2) is 0 Å². The molecular formula is C11H14Cl2N4OS2. The first-order valence-corrected chi connectivity index (χ1v) is 8.60. The van der Waals surface area contributed by atoms with Crippen LogP contribution < -0.4 is 4.72 Å². The predicted octanol–water partition coefficient (Wildman–Crippen LogP) is 2.74. The second-order valence-corrected chi connectivity index (χ2v) is 7.63. The van der Waals surface area contributed by atoms with Gasteiger partial charge in [0.1, 0.15) is 31.5 Å². The minimum atomic E-state index is -1.27. The number of hydrogen-bond acceptors (Lipinski definition) is 5. The summed E-state index contributed by atoms with van der Waals surface area (Å²) in [5.74, 6) is 0. The van der Waals surface area contributed by atoms with Crippen LogP contribution in [0.1, 0.15) is 12.0 Å². The second-order valence-electron chi connectivity index (χ2n) is 4.20. The molecule has 2 rings (SSSR count). The Bertz CT molecular complexity index is 632. The van der Waals surface area contributed by atoms with E-state index in [9.17, 15) is 4.21 Å². The largest absolute Gasteiger partial charge is 0.237 e. The van der Waals surface area contributed by atoms with E-state index in [1.54, 1.807) is 11.5 Å². The highest BCUT2D eigenvalue weighted by atomic mass is 35.5. The van der Waals surface area contributed by atoms with E-state index in [0.717, 1.165) is 33.0 Å². The van der Waals surface area contributed by atoms with Crippen molar-refractivity contribution in [2.45, 2.75) is 17.6 Å². The summed E-state index contributed by atoms with van der Waals surface area (Å²) in [6.07, 6.45) is 2.23. The fourth-order valence-electron chi connectivity index (χ4n) is 1.71. The first kappa shape index (κ1) is 16.1. The molecule has 0 spiro atoms. The molecule has 0 radical (unpaired) electrons. The number of aromatic nitrogens is 2. The Morgan fingerprint density at radius 2 is 2.25 bits per heavy atom. The Kier molecular flexibility index (Phi) is 5.71. The molecular weight excluding hydrogens is 339 g/mol. The summed E-state index contributed by atoms with van der Waals surface area (Å²) >= 11 is 13.1. The summed E-state index contributed by atoms with van der Waals surface area (Å²) in [6.45, 7) is 3.24. The first-order chi connectivity index (χ1) is 9.50. The van der Waals surface area contributed by atoms with E-state index < -0.39 is 11.0 Å². The lowest BCUT2D eigenvalue weighted by Gasteiger charge is -2.07. The molecule has 0 saturated carbocycles. The van der Waals surface area contributed by atoms with Crippen molar-refractivity contribution >= 4 is 55.9 Å². The molecule has 0 fully saturated rings. The molecule has 9 heteroatoms. The number of hydrogen-bond donors (Lipinski definition) is 1. The molecule has 0 aliphatic rings. The van der Waals surface area contributed by atoms with Crippen molar-refractivity contribution in [3.63, 3.8) is 0 Å². The van der Waals surface area contributed by atoms with Gasteiger partial charge in [0.25, 0.3) is 0 Å². The molecule has 0 amide bonds. The summed E-state index contributed by atoms with van der Waals surface area (Å²) in [6, 6.07) is 0. The van der Waals surface area contributed by atoms with Gasteiger partial charge in [-0.05, 0) is 30.7 Å². The van der Waals surface area contributed by atoms with E-state index in [1.807, 2.05) is 6.92 Å². The van der Waals surface area contributed by atoms with Crippen LogP contribution in [0.15, 0.2) is 10.5 Å². The van der Waals surface area contributed by atoms with Crippen LogP contribution in [0, 0.1) is 6.92 Å². The number of aryl methyl sites for hydroxylation is 1. The molecule has 2 aromatic rings. The maximum atomic E-state index is 12.3. The van der Waals surface area contributed by atoms with Gasteiger partial charge in [0.2, 0.25) is 0 Å². The van der Waals surface area contributed by atoms with Crippen LogP contribution in [0.4, 0.5) is 0 Å². The van der Waals surface area contributed by atoms with Crippen molar-refractivity contribution in [3.05, 3.63) is 17.0 Å². The SMILES string of the molecule is Cc1c(S(=O)NCCCN(C)Cl)sc2ncnc(Cl)c12. The van der Waals surface area contributed by atoms with Gasteiger partial charge < -0.3 is 0 Å². The third-order valence-electron chi connectivity index (χ3n) is 2.68. The molecule has 0 aliphatic heterocycles. The fourth-order valence-corrected chi connectivity index (χ4v) is 4.60. The maximum Gasteiger partial charge on any atom is 0.141 e. The monoisotopic (exact) mass is 352 g/mol. The molecule has 0 bridgehead atoms. The molecule has 5 nitrogen and oxygen atoms in total. The Hall–Kier alpha value is -0.310. The zero-order valence-electron chi connectivity index (χ0n) is 11.0. The predicted molar refractivity (Wildman–Crippen MR) is 84.7 cm³/mol. The van der Waals surface area contributed by atoms with Crippen molar-refractivity contribution in [2.75, 3.05) is 20.1 Å². The summed E-state index contributed by atoms with van der Waals surface area (Å²) in [7, 11) is 0.517. The lowest BCUT2D eigenvalue weighted by Crippen LogP contribution is -2.21. The fraction of sp³-hybridized carbons (Fsp3) is 0.455. The smallest absolute Gasteiger partial charge is 0.141 e. The zero-order valence-corrected chi connectivity index (χ0v) is 14.2. The van der Waals surface area contributed by atoms with Gasteiger partial charge in [0.05, 0.1) is 5.39 Å². The number of rotatable bonds is 6. The summed E-state index contributed by atoms with van der Waals surface area (Å²) in [5, 5.41) is 1.18. The molecule has 1 atom stereocenters. The molecule has 2 heterocycles. The number of fused-ring (bicyclic) bond motifs is 1. The topological polar surface area (TPSA) is 58.1 Å². The average molecular weight is 353 g/mol. The normalized spacial score (nSPS) is 13.2. The van der Waals surface area contributed by atoms with Gasteiger partial charge in [-0.15, -0.1) is 11.3 Å². The van der Waals surface area contributed by atoms with Gasteiger partial charge in [0, 0.05) is 20.1 Å². The van der Waals surface area contributed by atoms with E-state index in [4.69, 9.17) is 23.4 Å². The number of thiophene rings is 1. The highest BCUT2D eigenvalue weighted by Crippen LogP contribution is 2.34. The molecule has 1 N–H and O–H groups in total. The molecule has 20 heavy (non-hydrogen) atoms. The zero-order chi connectivity index (χ0) is 14.7. The van der Waals surface area contributed by atoms with Crippen molar-refractivity contribution < 1.29 is 4.21 Å². The first-order valence-electron chi connectivity index (χ1n) is 5.92. The summed E-state index contributed by atoms with van der Waals surface area (Å²) in [4.78, 5) is 8.88. The minimum absolute atomic E-state index is 0.399. The van der Waals surface area contributed by atoms with Crippen molar-refractivity contribution in [1.29, 1.82) is 0 Å². The summed E-state index contributed by atoms with van der Waals surface area (Å²) in [5.41, 5.74) is 0.871. The van der Waals surface area contributed by atoms with Crippen LogP contribution in [-0.2, 0) is 11.0 Å². The Balaban J connectivity index is 2.11. The maximum absolute atomic E-state index is 12.3. The lowest BCUT2D eigenvalue weighted by atomic mass is 10.3. The van der Waals surface area contributed by atoms with E-state index in [1.165, 1.54) is 17.7 Å². The van der Waals surface area contributed by atoms with Crippen LogP contribution in [0.25, 0.3) is 10.2 Å². The third kappa shape index (κ3) is 3.66. The van der Waals surface area contributed by atoms with Gasteiger partial charge in [-0.25, -0.2) is 23.3 Å². The molecule has 2 aromatic heterocycles. The highest BCUT2D eigenvalue weighted by Gasteiger charge is 2.17. The van der Waals surface area contributed by atoms with Gasteiger partial charge >= 0.3 is 0 Å². The number of halogens is 2. The van der Waals surface area contributed by atoms with Crippen LogP contribution in [0.3, 0.4) is 0 Å². The average Bonchev–Trinajstić information content (AvgIpc) is 2.73. The number of nitrogens with one attached hydrogen (secondary N) is 1. The highest BCUT2D eigenvalue weighted by molar-refractivity contribution is 7.85. The molecule has 0 aromatic carbocycles. The van der Waals surface area contributed by atoms with Crippen LogP contribution in [-0.4, -0.2) is 38.7 Å². The van der Waals surface area contributed by atoms with Crippen molar-refractivity contribution in [1.82, 2.24) is 19.1 Å². The van der Waals surface area contributed by atoms with Crippen LogP contribution in [0.5, 0.6) is 0 Å². The lowest BCUT2D eigenvalue weighted by molar-refractivity contribution is 0.525. The van der Waals surface area contributed by atoms with E-state index in [-0.39, 0.29) is 0 Å². The molecule has 0 aliphatic carbocycles. The Morgan fingerprint density at radius 3 is 2.90 bits per heavy atom.